The Morgan fingerprint density at radius 1 is 1.17 bits per heavy atom. The molecule has 1 aliphatic heterocycles. The molecule has 0 radical (unpaired) electrons. The van der Waals surface area contributed by atoms with Crippen LogP contribution in [-0.4, -0.2) is 52.6 Å². The van der Waals surface area contributed by atoms with Crippen LogP contribution in [0, 0.1) is 12.8 Å². The Bertz CT molecular complexity index is 1260. The molecule has 1 aromatic heterocycles. The van der Waals surface area contributed by atoms with Gasteiger partial charge in [-0.3, -0.25) is 24.7 Å². The van der Waals surface area contributed by atoms with Crippen molar-refractivity contribution in [2.45, 2.75) is 32.9 Å². The minimum atomic E-state index is -0.463. The van der Waals surface area contributed by atoms with Gasteiger partial charge in [0.2, 0.25) is 5.91 Å². The number of rotatable bonds is 9. The van der Waals surface area contributed by atoms with Crippen LogP contribution in [0.3, 0.4) is 0 Å². The lowest BCUT2D eigenvalue weighted by Crippen LogP contribution is -2.42. The number of hydroxylamine groups is 1. The lowest BCUT2D eigenvalue weighted by molar-refractivity contribution is -0.130. The standard InChI is InChI=1S/C28H32N4O4/c1-18(2)14-32-15-21(13-27(33)31-35)26(16-32)30-28(34)20-8-10-23(11-9-20)36-17-22-12-19(3)29-25-7-5-4-6-24(22)25/h4-12,21,26,35H,1,13-17H2,2-3H3,(H,30,34)(H,31,33)/t21-,26+/m0/s1. The lowest BCUT2D eigenvalue weighted by atomic mass is 9.99. The highest BCUT2D eigenvalue weighted by molar-refractivity contribution is 5.94. The predicted molar refractivity (Wildman–Crippen MR) is 138 cm³/mol. The Kier molecular flexibility index (Phi) is 7.97. The van der Waals surface area contributed by atoms with E-state index in [1.54, 1.807) is 29.7 Å². The van der Waals surface area contributed by atoms with Crippen molar-refractivity contribution in [3.8, 4) is 5.75 Å². The van der Waals surface area contributed by atoms with E-state index in [1.807, 2.05) is 44.2 Å². The van der Waals surface area contributed by atoms with E-state index in [4.69, 9.17) is 9.94 Å². The van der Waals surface area contributed by atoms with Crippen LogP contribution in [0.2, 0.25) is 0 Å². The Balaban J connectivity index is 1.39. The number of aryl methyl sites for hydroxylation is 1. The monoisotopic (exact) mass is 488 g/mol. The minimum absolute atomic E-state index is 0.110. The highest BCUT2D eigenvalue weighted by atomic mass is 16.5. The summed E-state index contributed by atoms with van der Waals surface area (Å²) in [4.78, 5) is 31.4. The number of likely N-dealkylation sites (tertiary alicyclic amines) is 1. The Labute approximate surface area is 210 Å². The molecule has 36 heavy (non-hydrogen) atoms. The molecule has 0 spiro atoms. The molecule has 8 nitrogen and oxygen atoms in total. The number of ether oxygens (including phenoxy) is 1. The quantitative estimate of drug-likeness (QED) is 0.241. The maximum Gasteiger partial charge on any atom is 0.251 e. The van der Waals surface area contributed by atoms with E-state index in [-0.39, 0.29) is 24.3 Å². The second-order valence-electron chi connectivity index (χ2n) is 9.48. The number of carbonyl (C=O) groups is 2. The number of hydrogen-bond donors (Lipinski definition) is 3. The lowest BCUT2D eigenvalue weighted by Gasteiger charge is -2.19. The molecule has 0 unspecified atom stereocenters. The maximum absolute atomic E-state index is 13.0. The number of para-hydroxylation sites is 1. The zero-order valence-corrected chi connectivity index (χ0v) is 20.7. The van der Waals surface area contributed by atoms with E-state index in [0.29, 0.717) is 37.6 Å². The van der Waals surface area contributed by atoms with Crippen LogP contribution in [0.4, 0.5) is 0 Å². The van der Waals surface area contributed by atoms with Gasteiger partial charge in [0.15, 0.2) is 0 Å². The molecule has 1 saturated heterocycles. The molecular formula is C28H32N4O4. The third kappa shape index (κ3) is 6.27. The van der Waals surface area contributed by atoms with Gasteiger partial charge in [-0.05, 0) is 50.2 Å². The maximum atomic E-state index is 13.0. The number of nitrogens with zero attached hydrogens (tertiary/aromatic N) is 2. The molecule has 2 aromatic carbocycles. The summed E-state index contributed by atoms with van der Waals surface area (Å²) in [6.07, 6.45) is 0.129. The summed E-state index contributed by atoms with van der Waals surface area (Å²) in [6, 6.07) is 16.8. The summed E-state index contributed by atoms with van der Waals surface area (Å²) >= 11 is 0. The summed E-state index contributed by atoms with van der Waals surface area (Å²) in [6.45, 7) is 10.2. The van der Waals surface area contributed by atoms with Gasteiger partial charge in [-0.15, -0.1) is 0 Å². The summed E-state index contributed by atoms with van der Waals surface area (Å²) in [5.41, 5.74) is 6.14. The molecule has 2 atom stereocenters. The van der Waals surface area contributed by atoms with E-state index >= 15 is 0 Å². The summed E-state index contributed by atoms with van der Waals surface area (Å²) in [5, 5.41) is 13.0. The molecule has 1 fully saturated rings. The van der Waals surface area contributed by atoms with E-state index < -0.39 is 5.91 Å². The zero-order chi connectivity index (χ0) is 25.7. The second-order valence-corrected chi connectivity index (χ2v) is 9.48. The normalized spacial score (nSPS) is 17.6. The fraction of sp³-hybridized carbons (Fsp3) is 0.321. The average molecular weight is 489 g/mol. The molecule has 2 amide bonds. The smallest absolute Gasteiger partial charge is 0.251 e. The van der Waals surface area contributed by atoms with Gasteiger partial charge >= 0.3 is 0 Å². The second kappa shape index (κ2) is 11.3. The number of hydrogen-bond acceptors (Lipinski definition) is 6. The van der Waals surface area contributed by atoms with Crippen LogP contribution < -0.4 is 15.5 Å². The first kappa shape index (κ1) is 25.3. The van der Waals surface area contributed by atoms with Gasteiger partial charge in [0, 0.05) is 60.2 Å². The van der Waals surface area contributed by atoms with Gasteiger partial charge in [0.25, 0.3) is 5.91 Å². The number of aromatic nitrogens is 1. The van der Waals surface area contributed by atoms with Gasteiger partial charge in [-0.1, -0.05) is 30.4 Å². The van der Waals surface area contributed by atoms with Crippen molar-refractivity contribution in [1.29, 1.82) is 0 Å². The topological polar surface area (TPSA) is 104 Å². The fourth-order valence-corrected chi connectivity index (χ4v) is 4.76. The van der Waals surface area contributed by atoms with E-state index in [2.05, 4.69) is 21.8 Å². The highest BCUT2D eigenvalue weighted by Gasteiger charge is 2.35. The van der Waals surface area contributed by atoms with Gasteiger partial charge in [-0.25, -0.2) is 5.48 Å². The van der Waals surface area contributed by atoms with Crippen molar-refractivity contribution in [2.24, 2.45) is 5.92 Å². The summed E-state index contributed by atoms with van der Waals surface area (Å²) in [5.74, 6) is -0.123. The van der Waals surface area contributed by atoms with Crippen molar-refractivity contribution in [2.75, 3.05) is 19.6 Å². The van der Waals surface area contributed by atoms with E-state index in [1.165, 1.54) is 0 Å². The molecule has 0 aliphatic carbocycles. The fourth-order valence-electron chi connectivity index (χ4n) is 4.76. The molecule has 3 N–H and O–H groups in total. The van der Waals surface area contributed by atoms with E-state index in [9.17, 15) is 9.59 Å². The van der Waals surface area contributed by atoms with Crippen LogP contribution in [0.1, 0.15) is 35.0 Å². The highest BCUT2D eigenvalue weighted by Crippen LogP contribution is 2.23. The van der Waals surface area contributed by atoms with Gasteiger partial charge in [0.1, 0.15) is 12.4 Å². The zero-order valence-electron chi connectivity index (χ0n) is 20.7. The number of carbonyl (C=O) groups excluding carboxylic acids is 2. The number of nitrogens with one attached hydrogen (secondary N) is 2. The Morgan fingerprint density at radius 3 is 2.64 bits per heavy atom. The Hall–Kier alpha value is -3.75. The van der Waals surface area contributed by atoms with Crippen molar-refractivity contribution >= 4 is 22.7 Å². The molecule has 4 rings (SSSR count). The number of fused-ring (bicyclic) bond motifs is 1. The number of benzene rings is 2. The summed E-state index contributed by atoms with van der Waals surface area (Å²) < 4.78 is 6.00. The van der Waals surface area contributed by atoms with Crippen molar-refractivity contribution in [3.63, 3.8) is 0 Å². The van der Waals surface area contributed by atoms with Crippen LogP contribution >= 0.6 is 0 Å². The van der Waals surface area contributed by atoms with E-state index in [0.717, 1.165) is 27.7 Å². The van der Waals surface area contributed by atoms with Crippen LogP contribution in [-0.2, 0) is 11.4 Å². The van der Waals surface area contributed by atoms with Crippen molar-refractivity contribution in [3.05, 3.63) is 83.6 Å². The predicted octanol–water partition coefficient (Wildman–Crippen LogP) is 3.62. The third-order valence-corrected chi connectivity index (χ3v) is 6.34. The molecule has 1 aliphatic rings. The molecule has 2 heterocycles. The van der Waals surface area contributed by atoms with Gasteiger partial charge in [-0.2, -0.15) is 0 Å². The molecule has 0 bridgehead atoms. The van der Waals surface area contributed by atoms with Crippen LogP contribution in [0.5, 0.6) is 5.75 Å². The largest absolute Gasteiger partial charge is 0.489 e. The first-order valence-corrected chi connectivity index (χ1v) is 12.0. The average Bonchev–Trinajstić information content (AvgIpc) is 3.21. The van der Waals surface area contributed by atoms with Crippen LogP contribution in [0.15, 0.2) is 66.7 Å². The summed E-state index contributed by atoms with van der Waals surface area (Å²) in [7, 11) is 0. The first-order valence-electron chi connectivity index (χ1n) is 12.0. The molecular weight excluding hydrogens is 456 g/mol. The molecule has 3 aromatic rings. The molecule has 8 heteroatoms. The minimum Gasteiger partial charge on any atom is -0.489 e. The third-order valence-electron chi connectivity index (χ3n) is 6.34. The van der Waals surface area contributed by atoms with Crippen molar-refractivity contribution in [1.82, 2.24) is 20.7 Å². The van der Waals surface area contributed by atoms with Crippen LogP contribution in [0.25, 0.3) is 10.9 Å². The SMILES string of the molecule is C=C(C)CN1C[C@H](CC(=O)NO)[C@H](NC(=O)c2ccc(OCc3cc(C)nc4ccccc34)cc2)C1. The van der Waals surface area contributed by atoms with Gasteiger partial charge in [0.05, 0.1) is 5.52 Å². The first-order chi connectivity index (χ1) is 17.3. The van der Waals surface area contributed by atoms with Gasteiger partial charge < -0.3 is 10.1 Å². The Morgan fingerprint density at radius 2 is 1.92 bits per heavy atom. The number of pyridine rings is 1. The molecule has 0 saturated carbocycles. The van der Waals surface area contributed by atoms with Crippen molar-refractivity contribution < 1.29 is 19.5 Å². The number of amides is 2. The molecule has 188 valence electrons.